The molecule has 0 atom stereocenters. The van der Waals surface area contributed by atoms with E-state index in [0.717, 1.165) is 5.92 Å². The topological polar surface area (TPSA) is 52.0 Å². The quantitative estimate of drug-likeness (QED) is 0.630. The molecule has 0 aromatic carbocycles. The standard InChI is InChI=1S/C10H22.CH6N2/c1-4-6-8-10(3)9-7-5-2;2-1-3/h10H,4-9H2,1-3H3;1-3H2. The molecule has 0 aliphatic rings. The average molecular weight is 188 g/mol. The average Bonchev–Trinajstić information content (AvgIpc) is 2.12. The second-order valence-corrected chi connectivity index (χ2v) is 3.63. The smallest absolute Gasteiger partial charge is 0.0403 e. The summed E-state index contributed by atoms with van der Waals surface area (Å²) in [6.45, 7) is 7.17. The summed E-state index contributed by atoms with van der Waals surface area (Å²) >= 11 is 0. The summed E-state index contributed by atoms with van der Waals surface area (Å²) in [5, 5.41) is 0. The largest absolute Gasteiger partial charge is 0.319 e. The lowest BCUT2D eigenvalue weighted by Crippen LogP contribution is -2.08. The van der Waals surface area contributed by atoms with Crippen molar-refractivity contribution < 1.29 is 0 Å². The molecular weight excluding hydrogens is 160 g/mol. The van der Waals surface area contributed by atoms with Gasteiger partial charge in [-0.25, -0.2) is 0 Å². The van der Waals surface area contributed by atoms with E-state index in [-0.39, 0.29) is 6.67 Å². The molecule has 0 amide bonds. The Labute approximate surface area is 84.1 Å². The first kappa shape index (κ1) is 15.4. The van der Waals surface area contributed by atoms with Gasteiger partial charge in [-0.2, -0.15) is 0 Å². The molecule has 0 spiro atoms. The van der Waals surface area contributed by atoms with Gasteiger partial charge >= 0.3 is 0 Å². The van der Waals surface area contributed by atoms with E-state index in [1.807, 2.05) is 0 Å². The number of hydrogen-bond donors (Lipinski definition) is 2. The van der Waals surface area contributed by atoms with Gasteiger partial charge in [0.05, 0.1) is 0 Å². The fraction of sp³-hybridized carbons (Fsp3) is 1.00. The molecule has 0 rings (SSSR count). The van der Waals surface area contributed by atoms with Crippen LogP contribution in [0.15, 0.2) is 0 Å². The van der Waals surface area contributed by atoms with Gasteiger partial charge in [0.15, 0.2) is 0 Å². The molecule has 0 aromatic rings. The van der Waals surface area contributed by atoms with Crippen molar-refractivity contribution in [2.45, 2.75) is 59.3 Å². The Morgan fingerprint density at radius 3 is 1.46 bits per heavy atom. The minimum atomic E-state index is 0.250. The first-order valence-electron chi connectivity index (χ1n) is 5.62. The summed E-state index contributed by atoms with van der Waals surface area (Å²) in [5.41, 5.74) is 9.25. The number of unbranched alkanes of at least 4 members (excludes halogenated alkanes) is 2. The second-order valence-electron chi connectivity index (χ2n) is 3.63. The molecule has 0 unspecified atom stereocenters. The van der Waals surface area contributed by atoms with E-state index >= 15 is 0 Å². The molecule has 0 fully saturated rings. The predicted octanol–water partition coefficient (Wildman–Crippen LogP) is 2.86. The summed E-state index contributed by atoms with van der Waals surface area (Å²) < 4.78 is 0. The van der Waals surface area contributed by atoms with Crippen LogP contribution in [0, 0.1) is 5.92 Å². The van der Waals surface area contributed by atoms with Crippen LogP contribution in [-0.4, -0.2) is 6.67 Å². The Hall–Kier alpha value is -0.0800. The number of hydrogen-bond acceptors (Lipinski definition) is 2. The number of nitrogens with two attached hydrogens (primary N) is 2. The van der Waals surface area contributed by atoms with E-state index in [0.29, 0.717) is 0 Å². The maximum Gasteiger partial charge on any atom is 0.0403 e. The molecule has 0 saturated carbocycles. The summed E-state index contributed by atoms with van der Waals surface area (Å²) in [4.78, 5) is 0. The van der Waals surface area contributed by atoms with E-state index in [9.17, 15) is 0 Å². The van der Waals surface area contributed by atoms with Crippen LogP contribution < -0.4 is 11.5 Å². The highest BCUT2D eigenvalue weighted by Gasteiger charge is 1.98. The van der Waals surface area contributed by atoms with Crippen molar-refractivity contribution in [2.75, 3.05) is 6.67 Å². The molecule has 0 heterocycles. The fourth-order valence-corrected chi connectivity index (χ4v) is 1.25. The zero-order valence-electron chi connectivity index (χ0n) is 9.68. The van der Waals surface area contributed by atoms with E-state index < -0.39 is 0 Å². The van der Waals surface area contributed by atoms with Gasteiger partial charge in [-0.1, -0.05) is 59.3 Å². The van der Waals surface area contributed by atoms with Crippen molar-refractivity contribution in [3.05, 3.63) is 0 Å². The number of rotatable bonds is 6. The van der Waals surface area contributed by atoms with Crippen LogP contribution in [0.3, 0.4) is 0 Å². The molecule has 13 heavy (non-hydrogen) atoms. The highest BCUT2D eigenvalue weighted by Crippen LogP contribution is 2.14. The normalized spacial score (nSPS) is 9.69. The first-order chi connectivity index (χ1) is 6.22. The summed E-state index contributed by atoms with van der Waals surface area (Å²) in [6, 6.07) is 0. The minimum Gasteiger partial charge on any atom is -0.319 e. The fourth-order valence-electron chi connectivity index (χ4n) is 1.25. The van der Waals surface area contributed by atoms with E-state index in [4.69, 9.17) is 0 Å². The molecule has 82 valence electrons. The van der Waals surface area contributed by atoms with Gasteiger partial charge in [0.1, 0.15) is 0 Å². The Kier molecular flexibility index (Phi) is 17.1. The third-order valence-corrected chi connectivity index (χ3v) is 2.10. The van der Waals surface area contributed by atoms with Crippen LogP contribution in [0.5, 0.6) is 0 Å². The van der Waals surface area contributed by atoms with Gasteiger partial charge in [-0.05, 0) is 5.92 Å². The molecule has 2 heteroatoms. The highest BCUT2D eigenvalue weighted by atomic mass is 14.7. The van der Waals surface area contributed by atoms with Gasteiger partial charge in [0.25, 0.3) is 0 Å². The van der Waals surface area contributed by atoms with Crippen LogP contribution >= 0.6 is 0 Å². The van der Waals surface area contributed by atoms with Crippen molar-refractivity contribution in [3.8, 4) is 0 Å². The maximum atomic E-state index is 4.62. The van der Waals surface area contributed by atoms with Crippen LogP contribution in [0.25, 0.3) is 0 Å². The van der Waals surface area contributed by atoms with Crippen molar-refractivity contribution in [3.63, 3.8) is 0 Å². The molecule has 0 aromatic heterocycles. The molecule has 0 aliphatic heterocycles. The van der Waals surface area contributed by atoms with Crippen LogP contribution in [-0.2, 0) is 0 Å². The molecule has 0 bridgehead atoms. The Bertz CT molecular complexity index is 66.5. The molecule has 4 N–H and O–H groups in total. The summed E-state index contributed by atoms with van der Waals surface area (Å²) in [5.74, 6) is 0.972. The highest BCUT2D eigenvalue weighted by molar-refractivity contribution is 4.52. The lowest BCUT2D eigenvalue weighted by Gasteiger charge is -2.08. The van der Waals surface area contributed by atoms with E-state index in [1.54, 1.807) is 0 Å². The third kappa shape index (κ3) is 18.7. The lowest BCUT2D eigenvalue weighted by atomic mass is 9.98. The maximum absolute atomic E-state index is 4.62. The minimum absolute atomic E-state index is 0.250. The lowest BCUT2D eigenvalue weighted by molar-refractivity contribution is 0.454. The molecule has 0 aliphatic carbocycles. The molecular formula is C11H28N2. The monoisotopic (exact) mass is 188 g/mol. The Morgan fingerprint density at radius 2 is 1.23 bits per heavy atom. The van der Waals surface area contributed by atoms with Crippen molar-refractivity contribution in [1.82, 2.24) is 0 Å². The van der Waals surface area contributed by atoms with E-state index in [2.05, 4.69) is 32.2 Å². The van der Waals surface area contributed by atoms with Crippen LogP contribution in [0.1, 0.15) is 59.3 Å². The van der Waals surface area contributed by atoms with Gasteiger partial charge in [-0.3, -0.25) is 0 Å². The Morgan fingerprint density at radius 1 is 0.923 bits per heavy atom. The van der Waals surface area contributed by atoms with Crippen LogP contribution in [0.2, 0.25) is 0 Å². The Balaban J connectivity index is 0. The van der Waals surface area contributed by atoms with Crippen molar-refractivity contribution in [1.29, 1.82) is 0 Å². The van der Waals surface area contributed by atoms with Gasteiger partial charge < -0.3 is 11.5 Å². The zero-order chi connectivity index (χ0) is 10.5. The molecule has 0 saturated heterocycles. The second kappa shape index (κ2) is 14.4. The van der Waals surface area contributed by atoms with Gasteiger partial charge in [0.2, 0.25) is 0 Å². The van der Waals surface area contributed by atoms with Crippen molar-refractivity contribution in [2.24, 2.45) is 17.4 Å². The third-order valence-electron chi connectivity index (χ3n) is 2.10. The molecule has 0 radical (unpaired) electrons. The van der Waals surface area contributed by atoms with E-state index in [1.165, 1.54) is 38.5 Å². The predicted molar refractivity (Wildman–Crippen MR) is 61.5 cm³/mol. The van der Waals surface area contributed by atoms with Gasteiger partial charge in [-0.15, -0.1) is 0 Å². The zero-order valence-corrected chi connectivity index (χ0v) is 9.68. The first-order valence-corrected chi connectivity index (χ1v) is 5.62. The van der Waals surface area contributed by atoms with Gasteiger partial charge in [0, 0.05) is 6.67 Å². The summed E-state index contributed by atoms with van der Waals surface area (Å²) in [7, 11) is 0. The summed E-state index contributed by atoms with van der Waals surface area (Å²) in [6.07, 6.45) is 8.44. The van der Waals surface area contributed by atoms with Crippen molar-refractivity contribution >= 4 is 0 Å². The van der Waals surface area contributed by atoms with Crippen LogP contribution in [0.4, 0.5) is 0 Å². The SMILES string of the molecule is CCCCC(C)CCCC.NCN. The molecule has 2 nitrogen and oxygen atoms in total.